The minimum atomic E-state index is 0.488. The number of nitrogen functional groups attached to an aromatic ring is 1. The summed E-state index contributed by atoms with van der Waals surface area (Å²) in [6, 6.07) is 3.77. The Morgan fingerprint density at radius 1 is 1.44 bits per heavy atom. The second kappa shape index (κ2) is 3.84. The highest BCUT2D eigenvalue weighted by Gasteiger charge is 2.11. The summed E-state index contributed by atoms with van der Waals surface area (Å²) in [5, 5.41) is 4.10. The van der Waals surface area contributed by atoms with Crippen molar-refractivity contribution in [3.63, 3.8) is 0 Å². The Morgan fingerprint density at radius 2 is 2.19 bits per heavy atom. The Labute approximate surface area is 93.9 Å². The van der Waals surface area contributed by atoms with E-state index >= 15 is 0 Å². The summed E-state index contributed by atoms with van der Waals surface area (Å²) in [7, 11) is 3.48. The van der Waals surface area contributed by atoms with Crippen LogP contribution in [0.5, 0.6) is 5.75 Å². The van der Waals surface area contributed by atoms with Gasteiger partial charge in [0, 0.05) is 18.8 Å². The minimum Gasteiger partial charge on any atom is -0.495 e. The van der Waals surface area contributed by atoms with Crippen molar-refractivity contribution in [2.24, 2.45) is 7.05 Å². The lowest BCUT2D eigenvalue weighted by molar-refractivity contribution is 0.409. The van der Waals surface area contributed by atoms with E-state index < -0.39 is 0 Å². The topological polar surface area (TPSA) is 66.0 Å². The van der Waals surface area contributed by atoms with Crippen LogP contribution in [0.2, 0.25) is 0 Å². The average Bonchev–Trinajstić information content (AvgIpc) is 2.65. The van der Waals surface area contributed by atoms with Crippen LogP contribution in [0.25, 0.3) is 11.3 Å². The zero-order valence-corrected chi connectivity index (χ0v) is 9.56. The highest BCUT2D eigenvalue weighted by atomic mass is 16.5. The predicted octanol–water partition coefficient (Wildman–Crippen LogP) is 1.38. The van der Waals surface area contributed by atoms with Crippen LogP contribution < -0.4 is 10.5 Å². The number of hydrogen-bond donors (Lipinski definition) is 1. The number of aromatic nitrogens is 3. The van der Waals surface area contributed by atoms with E-state index in [0.717, 1.165) is 22.7 Å². The van der Waals surface area contributed by atoms with E-state index in [-0.39, 0.29) is 0 Å². The van der Waals surface area contributed by atoms with Crippen LogP contribution in [0.1, 0.15) is 5.69 Å². The van der Waals surface area contributed by atoms with Crippen molar-refractivity contribution in [2.75, 3.05) is 12.8 Å². The largest absolute Gasteiger partial charge is 0.495 e. The number of methoxy groups -OCH3 is 1. The first-order valence-corrected chi connectivity index (χ1v) is 4.93. The number of rotatable bonds is 2. The SMILES string of the molecule is COc1cc(-c2ccnn2C)c(N)nc1C. The number of aryl methyl sites for hydroxylation is 2. The van der Waals surface area contributed by atoms with Crippen molar-refractivity contribution in [3.8, 4) is 17.0 Å². The lowest BCUT2D eigenvalue weighted by atomic mass is 10.1. The molecule has 0 aromatic carbocycles. The van der Waals surface area contributed by atoms with Crippen molar-refractivity contribution in [2.45, 2.75) is 6.92 Å². The molecule has 2 aromatic rings. The molecule has 0 fully saturated rings. The van der Waals surface area contributed by atoms with E-state index in [4.69, 9.17) is 10.5 Å². The fourth-order valence-corrected chi connectivity index (χ4v) is 1.66. The summed E-state index contributed by atoms with van der Waals surface area (Å²) in [5.41, 5.74) is 8.44. The second-order valence-electron chi connectivity index (χ2n) is 3.55. The average molecular weight is 218 g/mol. The molecule has 84 valence electrons. The van der Waals surface area contributed by atoms with Crippen LogP contribution >= 0.6 is 0 Å². The third-order valence-corrected chi connectivity index (χ3v) is 2.51. The first-order chi connectivity index (χ1) is 7.63. The zero-order valence-electron chi connectivity index (χ0n) is 9.56. The normalized spacial score (nSPS) is 10.4. The van der Waals surface area contributed by atoms with Gasteiger partial charge in [0.1, 0.15) is 11.6 Å². The molecule has 0 unspecified atom stereocenters. The number of anilines is 1. The van der Waals surface area contributed by atoms with Crippen molar-refractivity contribution in [1.29, 1.82) is 0 Å². The molecular weight excluding hydrogens is 204 g/mol. The molecule has 2 rings (SSSR count). The highest BCUT2D eigenvalue weighted by molar-refractivity contribution is 5.72. The van der Waals surface area contributed by atoms with Crippen LogP contribution in [0, 0.1) is 6.92 Å². The van der Waals surface area contributed by atoms with Crippen LogP contribution in [0.15, 0.2) is 18.3 Å². The Hall–Kier alpha value is -2.04. The van der Waals surface area contributed by atoms with Crippen molar-refractivity contribution < 1.29 is 4.74 Å². The predicted molar refractivity (Wildman–Crippen MR) is 62.1 cm³/mol. The molecule has 0 saturated carbocycles. The molecule has 0 atom stereocenters. The molecule has 0 amide bonds. The lowest BCUT2D eigenvalue weighted by Gasteiger charge is -2.10. The number of nitrogens with zero attached hydrogens (tertiary/aromatic N) is 3. The van der Waals surface area contributed by atoms with Crippen LogP contribution in [0.3, 0.4) is 0 Å². The first-order valence-electron chi connectivity index (χ1n) is 4.93. The van der Waals surface area contributed by atoms with Gasteiger partial charge in [0.15, 0.2) is 0 Å². The molecule has 0 aliphatic rings. The van der Waals surface area contributed by atoms with Gasteiger partial charge in [-0.15, -0.1) is 0 Å². The smallest absolute Gasteiger partial charge is 0.140 e. The van der Waals surface area contributed by atoms with E-state index in [1.807, 2.05) is 26.1 Å². The first kappa shape index (κ1) is 10.5. The molecule has 2 aromatic heterocycles. The van der Waals surface area contributed by atoms with Gasteiger partial charge in [-0.3, -0.25) is 4.68 Å². The fraction of sp³-hybridized carbons (Fsp3) is 0.273. The number of nitrogens with two attached hydrogens (primary N) is 1. The van der Waals surface area contributed by atoms with Gasteiger partial charge in [0.25, 0.3) is 0 Å². The number of pyridine rings is 1. The van der Waals surface area contributed by atoms with Gasteiger partial charge in [-0.05, 0) is 19.1 Å². The molecule has 0 aliphatic heterocycles. The molecule has 5 nitrogen and oxygen atoms in total. The van der Waals surface area contributed by atoms with Crippen molar-refractivity contribution in [3.05, 3.63) is 24.0 Å². The van der Waals surface area contributed by atoms with E-state index in [9.17, 15) is 0 Å². The summed E-state index contributed by atoms with van der Waals surface area (Å²) in [4.78, 5) is 4.25. The zero-order chi connectivity index (χ0) is 11.7. The molecule has 0 bridgehead atoms. The van der Waals surface area contributed by atoms with Crippen molar-refractivity contribution in [1.82, 2.24) is 14.8 Å². The Bertz CT molecular complexity index is 519. The van der Waals surface area contributed by atoms with Gasteiger partial charge >= 0.3 is 0 Å². The molecule has 16 heavy (non-hydrogen) atoms. The molecule has 2 heterocycles. The quantitative estimate of drug-likeness (QED) is 0.827. The third kappa shape index (κ3) is 1.60. The maximum atomic E-state index is 5.90. The monoisotopic (exact) mass is 218 g/mol. The molecular formula is C11H14N4O. The van der Waals surface area contributed by atoms with Gasteiger partial charge < -0.3 is 10.5 Å². The molecule has 5 heteroatoms. The fourth-order valence-electron chi connectivity index (χ4n) is 1.66. The van der Waals surface area contributed by atoms with Gasteiger partial charge in [0.2, 0.25) is 0 Å². The van der Waals surface area contributed by atoms with Crippen LogP contribution in [-0.2, 0) is 7.05 Å². The maximum Gasteiger partial charge on any atom is 0.140 e. The van der Waals surface area contributed by atoms with Gasteiger partial charge in [0.05, 0.1) is 18.5 Å². The van der Waals surface area contributed by atoms with E-state index in [1.165, 1.54) is 0 Å². The Morgan fingerprint density at radius 3 is 2.75 bits per heavy atom. The van der Waals surface area contributed by atoms with Gasteiger partial charge in [-0.2, -0.15) is 5.10 Å². The minimum absolute atomic E-state index is 0.488. The molecule has 0 aliphatic carbocycles. The summed E-state index contributed by atoms with van der Waals surface area (Å²) in [5.74, 6) is 1.22. The lowest BCUT2D eigenvalue weighted by Crippen LogP contribution is -2.02. The summed E-state index contributed by atoms with van der Waals surface area (Å²) < 4.78 is 6.98. The summed E-state index contributed by atoms with van der Waals surface area (Å²) in [6.45, 7) is 1.86. The van der Waals surface area contributed by atoms with Crippen molar-refractivity contribution >= 4 is 5.82 Å². The van der Waals surface area contributed by atoms with Crippen LogP contribution in [0.4, 0.5) is 5.82 Å². The highest BCUT2D eigenvalue weighted by Crippen LogP contribution is 2.29. The standard InChI is InChI=1S/C11H14N4O/c1-7-10(16-3)6-8(11(12)14-7)9-4-5-13-15(9)2/h4-6H,1-3H3,(H2,12,14). The summed E-state index contributed by atoms with van der Waals surface area (Å²) >= 11 is 0. The van der Waals surface area contributed by atoms with Gasteiger partial charge in [-0.25, -0.2) is 4.98 Å². The molecule has 0 radical (unpaired) electrons. The molecule has 2 N–H and O–H groups in total. The summed E-state index contributed by atoms with van der Waals surface area (Å²) in [6.07, 6.45) is 1.72. The number of ether oxygens (including phenoxy) is 1. The molecule has 0 spiro atoms. The third-order valence-electron chi connectivity index (χ3n) is 2.51. The maximum absolute atomic E-state index is 5.90. The Kier molecular flexibility index (Phi) is 2.52. The Balaban J connectivity index is 2.61. The van der Waals surface area contributed by atoms with Crippen LogP contribution in [-0.4, -0.2) is 21.9 Å². The van der Waals surface area contributed by atoms with Gasteiger partial charge in [-0.1, -0.05) is 0 Å². The van der Waals surface area contributed by atoms with E-state index in [1.54, 1.807) is 18.0 Å². The van der Waals surface area contributed by atoms with E-state index in [2.05, 4.69) is 10.1 Å². The van der Waals surface area contributed by atoms with E-state index in [0.29, 0.717) is 5.82 Å². The number of hydrogen-bond acceptors (Lipinski definition) is 4. The second-order valence-corrected chi connectivity index (χ2v) is 3.55. The molecule has 0 saturated heterocycles.